The van der Waals surface area contributed by atoms with Crippen LogP contribution in [0.1, 0.15) is 29.2 Å². The summed E-state index contributed by atoms with van der Waals surface area (Å²) in [4.78, 5) is 16.9. The topological polar surface area (TPSA) is 81.9 Å². The van der Waals surface area contributed by atoms with Gasteiger partial charge < -0.3 is 14.6 Å². The third kappa shape index (κ3) is 3.48. The maximum Gasteiger partial charge on any atom is 0.256 e. The van der Waals surface area contributed by atoms with Gasteiger partial charge in [-0.15, -0.1) is 10.2 Å². The van der Waals surface area contributed by atoms with E-state index in [1.165, 1.54) is 0 Å². The van der Waals surface area contributed by atoms with Crippen molar-refractivity contribution in [2.75, 3.05) is 18.5 Å². The molecular weight excluding hydrogens is 330 g/mol. The van der Waals surface area contributed by atoms with E-state index >= 15 is 0 Å². The Morgan fingerprint density at radius 2 is 1.88 bits per heavy atom. The van der Waals surface area contributed by atoms with Crippen molar-refractivity contribution in [1.82, 2.24) is 19.7 Å². The fourth-order valence-corrected chi connectivity index (χ4v) is 3.06. The molecule has 26 heavy (non-hydrogen) atoms. The van der Waals surface area contributed by atoms with E-state index in [-0.39, 0.29) is 5.91 Å². The van der Waals surface area contributed by atoms with Crippen LogP contribution < -0.4 is 5.32 Å². The summed E-state index contributed by atoms with van der Waals surface area (Å²) < 4.78 is 7.48. The van der Waals surface area contributed by atoms with Crippen molar-refractivity contribution in [3.8, 4) is 11.5 Å². The predicted molar refractivity (Wildman–Crippen MR) is 96.7 cm³/mol. The van der Waals surface area contributed by atoms with Crippen LogP contribution in [0.4, 0.5) is 5.82 Å². The van der Waals surface area contributed by atoms with E-state index in [0.29, 0.717) is 28.9 Å². The fraction of sp³-hybridized carbons (Fsp3) is 0.263. The zero-order valence-corrected chi connectivity index (χ0v) is 14.2. The summed E-state index contributed by atoms with van der Waals surface area (Å²) in [6.45, 7) is 1.48. The number of rotatable bonds is 4. The van der Waals surface area contributed by atoms with Crippen molar-refractivity contribution in [1.29, 1.82) is 0 Å². The van der Waals surface area contributed by atoms with Crippen molar-refractivity contribution >= 4 is 11.7 Å². The molecule has 0 radical (unpaired) electrons. The van der Waals surface area contributed by atoms with E-state index in [9.17, 15) is 4.79 Å². The summed E-state index contributed by atoms with van der Waals surface area (Å²) in [5.74, 6) is 0.992. The molecule has 0 spiro atoms. The Morgan fingerprint density at radius 3 is 2.69 bits per heavy atom. The number of nitrogens with one attached hydrogen (secondary N) is 1. The average Bonchev–Trinajstić information content (AvgIpc) is 3.19. The summed E-state index contributed by atoms with van der Waals surface area (Å²) in [5.41, 5.74) is 1.27. The Labute approximate surface area is 151 Å². The third-order valence-corrected chi connectivity index (χ3v) is 4.41. The van der Waals surface area contributed by atoms with E-state index in [2.05, 4.69) is 20.5 Å². The number of carbonyl (C=O) groups excluding carboxylic acids is 1. The molecule has 0 bridgehead atoms. The first kappa shape index (κ1) is 16.4. The van der Waals surface area contributed by atoms with Gasteiger partial charge in [0.25, 0.3) is 5.91 Å². The number of hydrogen-bond acceptors (Lipinski definition) is 5. The van der Waals surface area contributed by atoms with Crippen molar-refractivity contribution in [3.05, 3.63) is 60.4 Å². The summed E-state index contributed by atoms with van der Waals surface area (Å²) in [6, 6.07) is 14.9. The summed E-state index contributed by atoms with van der Waals surface area (Å²) in [5, 5.41) is 11.1. The molecule has 1 amide bonds. The molecule has 1 saturated heterocycles. The lowest BCUT2D eigenvalue weighted by molar-refractivity contribution is 0.0699. The van der Waals surface area contributed by atoms with Crippen LogP contribution in [0.2, 0.25) is 0 Å². The third-order valence-electron chi connectivity index (χ3n) is 4.41. The Balaban J connectivity index is 1.57. The Morgan fingerprint density at radius 1 is 1.08 bits per heavy atom. The Kier molecular flexibility index (Phi) is 4.70. The highest BCUT2D eigenvalue weighted by Gasteiger charge is 2.20. The molecule has 0 aliphatic carbocycles. The highest BCUT2D eigenvalue weighted by molar-refractivity contribution is 6.03. The molecule has 1 N–H and O–H groups in total. The van der Waals surface area contributed by atoms with Gasteiger partial charge >= 0.3 is 0 Å². The van der Waals surface area contributed by atoms with Crippen molar-refractivity contribution in [2.24, 2.45) is 0 Å². The van der Waals surface area contributed by atoms with Crippen LogP contribution in [0.5, 0.6) is 0 Å². The van der Waals surface area contributed by atoms with Gasteiger partial charge in [0.15, 0.2) is 5.82 Å². The van der Waals surface area contributed by atoms with Crippen LogP contribution in [0.3, 0.4) is 0 Å². The number of pyridine rings is 1. The van der Waals surface area contributed by atoms with E-state index < -0.39 is 0 Å². The molecule has 132 valence electrons. The lowest BCUT2D eigenvalue weighted by atomic mass is 10.1. The Hall–Kier alpha value is -3.06. The van der Waals surface area contributed by atoms with Gasteiger partial charge in [0.2, 0.25) is 0 Å². The van der Waals surface area contributed by atoms with Crippen LogP contribution >= 0.6 is 0 Å². The standard InChI is InChI=1S/C19H19N5O2/c25-19(14-5-2-1-3-6-14)22-17-8-4-7-16(21-17)18-23-20-13-24(18)15-9-11-26-12-10-15/h1-8,13,15H,9-12H2,(H,21,22,25). The number of nitrogens with zero attached hydrogens (tertiary/aromatic N) is 4. The van der Waals surface area contributed by atoms with Crippen LogP contribution in [-0.2, 0) is 4.74 Å². The Bertz CT molecular complexity index is 888. The molecule has 3 aromatic rings. The van der Waals surface area contributed by atoms with E-state index in [4.69, 9.17) is 4.74 Å². The second kappa shape index (κ2) is 7.45. The number of hydrogen-bond donors (Lipinski definition) is 1. The summed E-state index contributed by atoms with van der Waals surface area (Å²) >= 11 is 0. The first-order valence-corrected chi connectivity index (χ1v) is 8.62. The minimum Gasteiger partial charge on any atom is -0.381 e. The molecule has 2 aromatic heterocycles. The molecule has 1 aromatic carbocycles. The number of amides is 1. The molecule has 4 rings (SSSR count). The van der Waals surface area contributed by atoms with Crippen molar-refractivity contribution in [2.45, 2.75) is 18.9 Å². The zero-order chi connectivity index (χ0) is 17.8. The molecule has 0 saturated carbocycles. The molecule has 1 aliphatic heterocycles. The summed E-state index contributed by atoms with van der Waals surface area (Å²) in [7, 11) is 0. The van der Waals surface area contributed by atoms with Crippen LogP contribution in [0.15, 0.2) is 54.9 Å². The lowest BCUT2D eigenvalue weighted by Gasteiger charge is -2.24. The van der Waals surface area contributed by atoms with Crippen LogP contribution in [0, 0.1) is 0 Å². The molecule has 7 nitrogen and oxygen atoms in total. The molecular formula is C19H19N5O2. The quantitative estimate of drug-likeness (QED) is 0.783. The van der Waals surface area contributed by atoms with Crippen molar-refractivity contribution in [3.63, 3.8) is 0 Å². The lowest BCUT2D eigenvalue weighted by Crippen LogP contribution is -2.20. The minimum atomic E-state index is -0.193. The monoisotopic (exact) mass is 349 g/mol. The number of ether oxygens (including phenoxy) is 1. The van der Waals surface area contributed by atoms with E-state index in [1.807, 2.05) is 34.9 Å². The van der Waals surface area contributed by atoms with Gasteiger partial charge in [-0.05, 0) is 37.1 Å². The van der Waals surface area contributed by atoms with Gasteiger partial charge in [-0.3, -0.25) is 4.79 Å². The van der Waals surface area contributed by atoms with Gasteiger partial charge in [-0.2, -0.15) is 0 Å². The first-order chi connectivity index (χ1) is 12.8. The van der Waals surface area contributed by atoms with Crippen LogP contribution in [-0.4, -0.2) is 38.9 Å². The van der Waals surface area contributed by atoms with E-state index in [1.54, 1.807) is 24.5 Å². The molecule has 7 heteroatoms. The smallest absolute Gasteiger partial charge is 0.256 e. The minimum absolute atomic E-state index is 0.193. The first-order valence-electron chi connectivity index (χ1n) is 8.62. The highest BCUT2D eigenvalue weighted by Crippen LogP contribution is 2.26. The number of benzene rings is 1. The predicted octanol–water partition coefficient (Wildman–Crippen LogP) is 2.94. The van der Waals surface area contributed by atoms with Gasteiger partial charge in [0.1, 0.15) is 17.8 Å². The molecule has 1 aliphatic rings. The zero-order valence-electron chi connectivity index (χ0n) is 14.2. The summed E-state index contributed by atoms with van der Waals surface area (Å²) in [6.07, 6.45) is 3.59. The average molecular weight is 349 g/mol. The van der Waals surface area contributed by atoms with Gasteiger partial charge in [-0.25, -0.2) is 4.98 Å². The fourth-order valence-electron chi connectivity index (χ4n) is 3.06. The van der Waals surface area contributed by atoms with Gasteiger partial charge in [0, 0.05) is 24.8 Å². The largest absolute Gasteiger partial charge is 0.381 e. The maximum absolute atomic E-state index is 12.3. The highest BCUT2D eigenvalue weighted by atomic mass is 16.5. The molecule has 0 unspecified atom stereocenters. The SMILES string of the molecule is O=C(Nc1cccc(-c2nncn2C2CCOCC2)n1)c1ccccc1. The molecule has 1 fully saturated rings. The number of aromatic nitrogens is 4. The van der Waals surface area contributed by atoms with Gasteiger partial charge in [-0.1, -0.05) is 24.3 Å². The number of anilines is 1. The normalized spacial score (nSPS) is 14.9. The molecule has 3 heterocycles. The van der Waals surface area contributed by atoms with E-state index in [0.717, 1.165) is 26.1 Å². The van der Waals surface area contributed by atoms with Gasteiger partial charge in [0.05, 0.1) is 0 Å². The number of carbonyl (C=O) groups is 1. The molecule has 0 atom stereocenters. The van der Waals surface area contributed by atoms with Crippen LogP contribution in [0.25, 0.3) is 11.5 Å². The second-order valence-corrected chi connectivity index (χ2v) is 6.13. The maximum atomic E-state index is 12.3. The van der Waals surface area contributed by atoms with Crippen molar-refractivity contribution < 1.29 is 9.53 Å². The second-order valence-electron chi connectivity index (χ2n) is 6.13.